The van der Waals surface area contributed by atoms with Gasteiger partial charge in [0.05, 0.1) is 0 Å². The second kappa shape index (κ2) is 16.1. The van der Waals surface area contributed by atoms with Gasteiger partial charge < -0.3 is 21.5 Å². The van der Waals surface area contributed by atoms with Crippen LogP contribution < -0.4 is 16.4 Å². The minimum absolute atomic E-state index is 0.0206. The van der Waals surface area contributed by atoms with Crippen molar-refractivity contribution in [3.63, 3.8) is 0 Å². The van der Waals surface area contributed by atoms with Gasteiger partial charge in [0.15, 0.2) is 0 Å². The predicted octanol–water partition coefficient (Wildman–Crippen LogP) is 3.08. The van der Waals surface area contributed by atoms with E-state index in [4.69, 9.17) is 5.73 Å². The number of thioether (sulfide) groups is 1. The Morgan fingerprint density at radius 2 is 2.00 bits per heavy atom. The lowest BCUT2D eigenvalue weighted by Crippen LogP contribution is -2.55. The van der Waals surface area contributed by atoms with Gasteiger partial charge in [-0.2, -0.15) is 24.4 Å². The highest BCUT2D eigenvalue weighted by Gasteiger charge is 2.38. The number of carbonyl (C=O) groups excluding carboxylic acids is 1. The van der Waals surface area contributed by atoms with Crippen molar-refractivity contribution in [2.45, 2.75) is 76.9 Å². The maximum Gasteiger partial charge on any atom is 0.329 e. The van der Waals surface area contributed by atoms with Crippen molar-refractivity contribution >= 4 is 36.3 Å². The van der Waals surface area contributed by atoms with Crippen LogP contribution in [0.1, 0.15) is 59.3 Å². The Hall–Kier alpha value is -0.700. The number of aliphatic carboxylic acids is 1. The van der Waals surface area contributed by atoms with E-state index in [1.54, 1.807) is 11.8 Å². The standard InChI is InChI=1S/C21H41N3O3S2/c1-5-7-11-21(20(26)27,12-13-29-4)24-19(25)10-8-9-18(16(3)6-2)23-14-17(22)15-28/h8-9,16-18,23,28H,5-7,10-15,22H2,1-4H3,(H,24,25)(H,26,27)/b9-8+/t16-,17+,18+,21+/m0/s1. The van der Waals surface area contributed by atoms with Crippen LogP contribution in [0.2, 0.25) is 0 Å². The molecule has 4 atom stereocenters. The number of nitrogens with two attached hydrogens (primary N) is 1. The van der Waals surface area contributed by atoms with E-state index in [1.165, 1.54) is 0 Å². The van der Waals surface area contributed by atoms with Crippen LogP contribution in [0.15, 0.2) is 12.2 Å². The fourth-order valence-electron chi connectivity index (χ4n) is 2.98. The van der Waals surface area contributed by atoms with Crippen molar-refractivity contribution in [1.29, 1.82) is 0 Å². The minimum Gasteiger partial charge on any atom is -0.480 e. The molecular weight excluding hydrogens is 406 g/mol. The molecule has 8 heteroatoms. The Morgan fingerprint density at radius 3 is 2.52 bits per heavy atom. The fourth-order valence-corrected chi connectivity index (χ4v) is 3.66. The monoisotopic (exact) mass is 447 g/mol. The van der Waals surface area contributed by atoms with Gasteiger partial charge in [-0.25, -0.2) is 4.79 Å². The Morgan fingerprint density at radius 1 is 1.31 bits per heavy atom. The number of hydrogen-bond donors (Lipinski definition) is 5. The first-order valence-corrected chi connectivity index (χ1v) is 12.6. The van der Waals surface area contributed by atoms with Gasteiger partial charge in [0.25, 0.3) is 0 Å². The second-order valence-electron chi connectivity index (χ2n) is 7.68. The van der Waals surface area contributed by atoms with Crippen LogP contribution in [0, 0.1) is 5.92 Å². The molecule has 0 aromatic carbocycles. The summed E-state index contributed by atoms with van der Waals surface area (Å²) in [5.41, 5.74) is 4.75. The quantitative estimate of drug-likeness (QED) is 0.173. The van der Waals surface area contributed by atoms with Gasteiger partial charge in [-0.05, 0) is 30.8 Å². The summed E-state index contributed by atoms with van der Waals surface area (Å²) in [6.45, 7) is 6.95. The molecule has 5 N–H and O–H groups in total. The van der Waals surface area contributed by atoms with Gasteiger partial charge in [-0.15, -0.1) is 0 Å². The van der Waals surface area contributed by atoms with Crippen LogP contribution in [-0.4, -0.2) is 58.9 Å². The third-order valence-corrected chi connectivity index (χ3v) is 6.31. The van der Waals surface area contributed by atoms with Gasteiger partial charge in [0, 0.05) is 30.8 Å². The molecular formula is C21H41N3O3S2. The number of unbranched alkanes of at least 4 members (excludes halogenated alkanes) is 1. The van der Waals surface area contributed by atoms with Crippen molar-refractivity contribution < 1.29 is 14.7 Å². The van der Waals surface area contributed by atoms with Gasteiger partial charge in [-0.1, -0.05) is 52.2 Å². The first-order valence-electron chi connectivity index (χ1n) is 10.6. The molecule has 0 aliphatic carbocycles. The number of hydrogen-bond acceptors (Lipinski definition) is 6. The lowest BCUT2D eigenvalue weighted by Gasteiger charge is -2.30. The maximum atomic E-state index is 12.5. The Kier molecular flexibility index (Phi) is 15.7. The maximum absolute atomic E-state index is 12.5. The van der Waals surface area contributed by atoms with E-state index >= 15 is 0 Å². The van der Waals surface area contributed by atoms with Crippen molar-refractivity contribution in [2.75, 3.05) is 24.3 Å². The fraction of sp³-hybridized carbons (Fsp3) is 0.810. The highest BCUT2D eigenvalue weighted by Crippen LogP contribution is 2.22. The summed E-state index contributed by atoms with van der Waals surface area (Å²) in [6, 6.07) is 0.0901. The molecule has 170 valence electrons. The summed E-state index contributed by atoms with van der Waals surface area (Å²) in [4.78, 5) is 24.5. The van der Waals surface area contributed by atoms with Gasteiger partial charge in [0.2, 0.25) is 5.91 Å². The largest absolute Gasteiger partial charge is 0.480 e. The highest BCUT2D eigenvalue weighted by molar-refractivity contribution is 7.98. The number of carbonyl (C=O) groups is 2. The van der Waals surface area contributed by atoms with Crippen LogP contribution in [-0.2, 0) is 9.59 Å². The number of rotatable bonds is 17. The smallest absolute Gasteiger partial charge is 0.329 e. The molecule has 0 heterocycles. The number of amides is 1. The van der Waals surface area contributed by atoms with E-state index in [1.807, 2.05) is 25.3 Å². The third-order valence-electron chi connectivity index (χ3n) is 5.23. The van der Waals surface area contributed by atoms with Crippen LogP contribution in [0.3, 0.4) is 0 Å². The zero-order chi connectivity index (χ0) is 22.3. The van der Waals surface area contributed by atoms with Crippen LogP contribution in [0.5, 0.6) is 0 Å². The lowest BCUT2D eigenvalue weighted by molar-refractivity contribution is -0.148. The van der Waals surface area contributed by atoms with E-state index in [0.29, 0.717) is 36.8 Å². The lowest BCUT2D eigenvalue weighted by atomic mass is 9.89. The van der Waals surface area contributed by atoms with Crippen molar-refractivity contribution in [2.24, 2.45) is 11.7 Å². The van der Waals surface area contributed by atoms with Crippen molar-refractivity contribution in [1.82, 2.24) is 10.6 Å². The zero-order valence-electron chi connectivity index (χ0n) is 18.4. The molecule has 0 aliphatic rings. The van der Waals surface area contributed by atoms with Crippen LogP contribution in [0.4, 0.5) is 0 Å². The summed E-state index contributed by atoms with van der Waals surface area (Å²) >= 11 is 5.80. The van der Waals surface area contributed by atoms with E-state index in [9.17, 15) is 14.7 Å². The molecule has 0 aromatic rings. The Bertz CT molecular complexity index is 496. The summed E-state index contributed by atoms with van der Waals surface area (Å²) in [6.07, 6.45) is 9.46. The minimum atomic E-state index is -1.18. The average molecular weight is 448 g/mol. The highest BCUT2D eigenvalue weighted by atomic mass is 32.2. The summed E-state index contributed by atoms with van der Waals surface area (Å²) in [7, 11) is 0. The Balaban J connectivity index is 5.02. The normalized spacial score (nSPS) is 16.9. The number of nitrogens with one attached hydrogen (secondary N) is 2. The van der Waals surface area contributed by atoms with Gasteiger partial charge in [0.1, 0.15) is 5.54 Å². The van der Waals surface area contributed by atoms with E-state index in [0.717, 1.165) is 19.3 Å². The molecule has 0 saturated carbocycles. The molecule has 0 aromatic heterocycles. The van der Waals surface area contributed by atoms with Crippen LogP contribution >= 0.6 is 24.4 Å². The topological polar surface area (TPSA) is 104 Å². The molecule has 0 radical (unpaired) electrons. The van der Waals surface area contributed by atoms with E-state index < -0.39 is 11.5 Å². The summed E-state index contributed by atoms with van der Waals surface area (Å²) in [5, 5.41) is 16.1. The SMILES string of the molecule is CCCC[C@](CCSC)(NC(=O)C/C=C/[C@@H](NC[C@@H](N)CS)[C@@H](C)CC)C(=O)O. The predicted molar refractivity (Wildman–Crippen MR) is 128 cm³/mol. The molecule has 29 heavy (non-hydrogen) atoms. The molecule has 0 aliphatic heterocycles. The molecule has 6 nitrogen and oxygen atoms in total. The van der Waals surface area contributed by atoms with Crippen LogP contribution in [0.25, 0.3) is 0 Å². The van der Waals surface area contributed by atoms with E-state index in [2.05, 4.69) is 37.1 Å². The summed E-state index contributed by atoms with van der Waals surface area (Å²) < 4.78 is 0. The average Bonchev–Trinajstić information content (AvgIpc) is 2.71. The molecule has 0 saturated heterocycles. The zero-order valence-corrected chi connectivity index (χ0v) is 20.2. The molecule has 0 unspecified atom stereocenters. The van der Waals surface area contributed by atoms with E-state index in [-0.39, 0.29) is 24.4 Å². The second-order valence-corrected chi connectivity index (χ2v) is 9.03. The molecule has 0 bridgehead atoms. The van der Waals surface area contributed by atoms with Gasteiger partial charge in [-0.3, -0.25) is 4.79 Å². The molecule has 0 rings (SSSR count). The number of carboxylic acids is 1. The molecule has 0 spiro atoms. The molecule has 1 amide bonds. The first-order chi connectivity index (χ1) is 13.8. The van der Waals surface area contributed by atoms with Crippen molar-refractivity contribution in [3.05, 3.63) is 12.2 Å². The molecule has 0 fully saturated rings. The number of carboxylic acid groups (broad SMARTS) is 1. The summed E-state index contributed by atoms with van der Waals surface area (Å²) in [5.74, 6) is 0.494. The van der Waals surface area contributed by atoms with Gasteiger partial charge >= 0.3 is 5.97 Å². The number of thiol groups is 1. The first kappa shape index (κ1) is 28.3. The third kappa shape index (κ3) is 11.3. The van der Waals surface area contributed by atoms with Crippen molar-refractivity contribution in [3.8, 4) is 0 Å². The Labute approximate surface area is 186 Å².